The molecule has 30 heavy (non-hydrogen) atoms. The van der Waals surface area contributed by atoms with Crippen LogP contribution in [-0.4, -0.2) is 53.9 Å². The standard InChI is InChI=1S/C23H25N3O4/c1-3-29-19-11-10-16-7-4-5-9-18(16)22(19)23(27)26-14-6-8-17(15-26)30-21-13-12-20(28-2)24-25-21/h4-5,7,9-13,17H,3,6,8,14-15H2,1-2H3. The predicted octanol–water partition coefficient (Wildman–Crippen LogP) is 3.72. The molecular weight excluding hydrogens is 382 g/mol. The normalized spacial score (nSPS) is 16.3. The quantitative estimate of drug-likeness (QED) is 0.620. The Hall–Kier alpha value is -3.35. The molecule has 0 N–H and O–H groups in total. The van der Waals surface area contributed by atoms with Crippen molar-refractivity contribution in [2.45, 2.75) is 25.9 Å². The lowest BCUT2D eigenvalue weighted by atomic mass is 10.0. The molecule has 1 aliphatic heterocycles. The van der Waals surface area contributed by atoms with Gasteiger partial charge in [0.2, 0.25) is 11.8 Å². The van der Waals surface area contributed by atoms with Gasteiger partial charge in [0.25, 0.3) is 5.91 Å². The van der Waals surface area contributed by atoms with E-state index in [1.807, 2.05) is 48.2 Å². The number of methoxy groups -OCH3 is 1. The van der Waals surface area contributed by atoms with Crippen molar-refractivity contribution >= 4 is 16.7 Å². The van der Waals surface area contributed by atoms with Crippen LogP contribution in [0.3, 0.4) is 0 Å². The Balaban J connectivity index is 1.56. The minimum absolute atomic E-state index is 0.0376. The van der Waals surface area contributed by atoms with Crippen molar-refractivity contribution in [2.24, 2.45) is 0 Å². The average molecular weight is 407 g/mol. The van der Waals surface area contributed by atoms with Crippen LogP contribution in [-0.2, 0) is 0 Å². The summed E-state index contributed by atoms with van der Waals surface area (Å²) in [5.41, 5.74) is 0.611. The minimum Gasteiger partial charge on any atom is -0.493 e. The zero-order chi connectivity index (χ0) is 20.9. The molecule has 0 spiro atoms. The van der Waals surface area contributed by atoms with Gasteiger partial charge in [-0.05, 0) is 36.6 Å². The van der Waals surface area contributed by atoms with Gasteiger partial charge >= 0.3 is 0 Å². The molecule has 1 aliphatic rings. The summed E-state index contributed by atoms with van der Waals surface area (Å²) >= 11 is 0. The molecule has 0 aliphatic carbocycles. The van der Waals surface area contributed by atoms with Gasteiger partial charge in [-0.25, -0.2) is 0 Å². The van der Waals surface area contributed by atoms with Crippen LogP contribution in [0.25, 0.3) is 10.8 Å². The first-order chi connectivity index (χ1) is 14.7. The van der Waals surface area contributed by atoms with Crippen LogP contribution in [0.5, 0.6) is 17.5 Å². The average Bonchev–Trinajstić information content (AvgIpc) is 2.79. The summed E-state index contributed by atoms with van der Waals surface area (Å²) in [5.74, 6) is 1.44. The number of amides is 1. The molecular formula is C23H25N3O4. The Morgan fingerprint density at radius 2 is 1.90 bits per heavy atom. The number of nitrogens with zero attached hydrogens (tertiary/aromatic N) is 3. The second kappa shape index (κ2) is 8.98. The minimum atomic E-state index is -0.143. The van der Waals surface area contributed by atoms with Gasteiger partial charge in [0, 0.05) is 18.7 Å². The number of carbonyl (C=O) groups is 1. The number of likely N-dealkylation sites (tertiary alicyclic amines) is 1. The van der Waals surface area contributed by atoms with Gasteiger partial charge in [0.15, 0.2) is 0 Å². The molecule has 3 aromatic rings. The summed E-state index contributed by atoms with van der Waals surface area (Å²) in [5, 5.41) is 9.88. The summed E-state index contributed by atoms with van der Waals surface area (Å²) in [7, 11) is 1.54. The smallest absolute Gasteiger partial charge is 0.258 e. The Labute approximate surface area is 175 Å². The second-order valence-electron chi connectivity index (χ2n) is 7.14. The summed E-state index contributed by atoms with van der Waals surface area (Å²) in [6, 6.07) is 15.2. The van der Waals surface area contributed by atoms with Gasteiger partial charge < -0.3 is 19.1 Å². The number of fused-ring (bicyclic) bond motifs is 1. The van der Waals surface area contributed by atoms with E-state index in [0.29, 0.717) is 42.8 Å². The fraction of sp³-hybridized carbons (Fsp3) is 0.348. The van der Waals surface area contributed by atoms with Crippen LogP contribution in [0.2, 0.25) is 0 Å². The predicted molar refractivity (Wildman–Crippen MR) is 113 cm³/mol. The fourth-order valence-corrected chi connectivity index (χ4v) is 3.78. The number of hydrogen-bond acceptors (Lipinski definition) is 6. The number of aromatic nitrogens is 2. The van der Waals surface area contributed by atoms with E-state index in [1.54, 1.807) is 19.2 Å². The van der Waals surface area contributed by atoms with Crippen molar-refractivity contribution in [3.05, 3.63) is 54.1 Å². The Kier molecular flexibility index (Phi) is 5.97. The number of carbonyl (C=O) groups excluding carboxylic acids is 1. The van der Waals surface area contributed by atoms with E-state index in [4.69, 9.17) is 14.2 Å². The first-order valence-electron chi connectivity index (χ1n) is 10.2. The van der Waals surface area contributed by atoms with Crippen molar-refractivity contribution in [2.75, 3.05) is 26.8 Å². The van der Waals surface area contributed by atoms with Crippen LogP contribution in [0.4, 0.5) is 0 Å². The van der Waals surface area contributed by atoms with Crippen molar-refractivity contribution in [3.8, 4) is 17.5 Å². The van der Waals surface area contributed by atoms with Crippen molar-refractivity contribution < 1.29 is 19.0 Å². The highest BCUT2D eigenvalue weighted by Crippen LogP contribution is 2.30. The highest BCUT2D eigenvalue weighted by atomic mass is 16.5. The molecule has 156 valence electrons. The number of rotatable bonds is 6. The molecule has 0 saturated carbocycles. The van der Waals surface area contributed by atoms with Crippen LogP contribution in [0.15, 0.2) is 48.5 Å². The molecule has 7 nitrogen and oxygen atoms in total. The van der Waals surface area contributed by atoms with Crippen LogP contribution in [0, 0.1) is 0 Å². The number of hydrogen-bond donors (Lipinski definition) is 0. The third kappa shape index (κ3) is 4.15. The molecule has 0 radical (unpaired) electrons. The van der Waals surface area contributed by atoms with E-state index in [2.05, 4.69) is 10.2 Å². The molecule has 4 rings (SSSR count). The Morgan fingerprint density at radius 3 is 2.67 bits per heavy atom. The van der Waals surface area contributed by atoms with E-state index in [1.165, 1.54) is 0 Å². The van der Waals surface area contributed by atoms with Gasteiger partial charge in [-0.1, -0.05) is 30.3 Å². The van der Waals surface area contributed by atoms with E-state index >= 15 is 0 Å². The Morgan fingerprint density at radius 1 is 1.10 bits per heavy atom. The maximum atomic E-state index is 13.5. The zero-order valence-electron chi connectivity index (χ0n) is 17.2. The van der Waals surface area contributed by atoms with Gasteiger partial charge in [0.05, 0.1) is 25.8 Å². The van der Waals surface area contributed by atoms with Gasteiger partial charge in [-0.3, -0.25) is 4.79 Å². The largest absolute Gasteiger partial charge is 0.493 e. The van der Waals surface area contributed by atoms with Crippen molar-refractivity contribution in [1.82, 2.24) is 15.1 Å². The third-order valence-electron chi connectivity index (χ3n) is 5.18. The molecule has 1 unspecified atom stereocenters. The monoisotopic (exact) mass is 407 g/mol. The van der Waals surface area contributed by atoms with E-state index in [-0.39, 0.29) is 12.0 Å². The summed E-state index contributed by atoms with van der Waals surface area (Å²) in [6.45, 7) is 3.59. The van der Waals surface area contributed by atoms with Gasteiger partial charge in [-0.15, -0.1) is 10.2 Å². The third-order valence-corrected chi connectivity index (χ3v) is 5.18. The molecule has 1 fully saturated rings. The highest BCUT2D eigenvalue weighted by molar-refractivity contribution is 6.09. The highest BCUT2D eigenvalue weighted by Gasteiger charge is 2.29. The number of ether oxygens (including phenoxy) is 3. The van der Waals surface area contributed by atoms with Crippen molar-refractivity contribution in [1.29, 1.82) is 0 Å². The zero-order valence-corrected chi connectivity index (χ0v) is 17.2. The molecule has 1 aromatic heterocycles. The van der Waals surface area contributed by atoms with Gasteiger partial charge in [0.1, 0.15) is 11.9 Å². The lowest BCUT2D eigenvalue weighted by Crippen LogP contribution is -2.44. The topological polar surface area (TPSA) is 73.8 Å². The summed E-state index contributed by atoms with van der Waals surface area (Å²) < 4.78 is 16.8. The van der Waals surface area contributed by atoms with Gasteiger partial charge in [-0.2, -0.15) is 0 Å². The molecule has 0 bridgehead atoms. The number of benzene rings is 2. The lowest BCUT2D eigenvalue weighted by Gasteiger charge is -2.33. The summed E-state index contributed by atoms with van der Waals surface area (Å²) in [4.78, 5) is 15.4. The molecule has 1 saturated heterocycles. The van der Waals surface area contributed by atoms with Crippen LogP contribution >= 0.6 is 0 Å². The Bertz CT molecular complexity index is 1020. The van der Waals surface area contributed by atoms with Crippen LogP contribution < -0.4 is 14.2 Å². The molecule has 1 atom stereocenters. The molecule has 2 aromatic carbocycles. The first kappa shape index (κ1) is 19.9. The van der Waals surface area contributed by atoms with Crippen LogP contribution in [0.1, 0.15) is 30.1 Å². The lowest BCUT2D eigenvalue weighted by molar-refractivity contribution is 0.0523. The first-order valence-corrected chi connectivity index (χ1v) is 10.2. The van der Waals surface area contributed by atoms with Crippen molar-refractivity contribution in [3.63, 3.8) is 0 Å². The van der Waals surface area contributed by atoms with E-state index in [0.717, 1.165) is 23.6 Å². The van der Waals surface area contributed by atoms with E-state index in [9.17, 15) is 4.79 Å². The maximum absolute atomic E-state index is 13.5. The van der Waals surface area contributed by atoms with E-state index < -0.39 is 0 Å². The number of piperidine rings is 1. The second-order valence-corrected chi connectivity index (χ2v) is 7.14. The summed E-state index contributed by atoms with van der Waals surface area (Å²) in [6.07, 6.45) is 1.57. The molecule has 1 amide bonds. The molecule has 2 heterocycles. The fourth-order valence-electron chi connectivity index (χ4n) is 3.78. The maximum Gasteiger partial charge on any atom is 0.258 e. The SMILES string of the molecule is CCOc1ccc2ccccc2c1C(=O)N1CCCC(Oc2ccc(OC)nn2)C1. The molecule has 7 heteroatoms.